The zero-order chi connectivity index (χ0) is 18.2. The normalized spacial score (nSPS) is 13.7. The van der Waals surface area contributed by atoms with E-state index in [0.29, 0.717) is 6.54 Å². The molecule has 27 heavy (non-hydrogen) atoms. The lowest BCUT2D eigenvalue weighted by Gasteiger charge is -2.30. The molecule has 1 aromatic carbocycles. The molecule has 0 spiro atoms. The summed E-state index contributed by atoms with van der Waals surface area (Å²) in [5.41, 5.74) is 2.76. The summed E-state index contributed by atoms with van der Waals surface area (Å²) < 4.78 is 2.19. The van der Waals surface area contributed by atoms with E-state index >= 15 is 0 Å². The van der Waals surface area contributed by atoms with E-state index in [4.69, 9.17) is 0 Å². The fourth-order valence-electron chi connectivity index (χ4n) is 3.68. The van der Waals surface area contributed by atoms with E-state index in [1.54, 1.807) is 18.5 Å². The molecule has 0 fully saturated rings. The zero-order valence-electron chi connectivity index (χ0n) is 14.7. The summed E-state index contributed by atoms with van der Waals surface area (Å²) in [5.74, 6) is 1.91. The van der Waals surface area contributed by atoms with Gasteiger partial charge < -0.3 is 14.5 Å². The Morgan fingerprint density at radius 1 is 1.07 bits per heavy atom. The average Bonchev–Trinajstić information content (AvgIpc) is 3.10. The maximum atomic E-state index is 12.1. The summed E-state index contributed by atoms with van der Waals surface area (Å²) >= 11 is 0. The Balaban J connectivity index is 1.47. The van der Waals surface area contributed by atoms with Crippen molar-refractivity contribution in [1.82, 2.24) is 24.7 Å². The van der Waals surface area contributed by atoms with Crippen LogP contribution >= 0.6 is 0 Å². The van der Waals surface area contributed by atoms with Crippen molar-refractivity contribution >= 4 is 16.6 Å². The predicted molar refractivity (Wildman–Crippen MR) is 103 cm³/mol. The molecule has 7 heteroatoms. The van der Waals surface area contributed by atoms with Crippen LogP contribution in [0.15, 0.2) is 59.7 Å². The van der Waals surface area contributed by atoms with Gasteiger partial charge in [-0.15, -0.1) is 10.2 Å². The number of pyridine rings is 2. The minimum atomic E-state index is -0.123. The summed E-state index contributed by atoms with van der Waals surface area (Å²) in [6.07, 6.45) is 4.20. The van der Waals surface area contributed by atoms with Crippen LogP contribution in [-0.2, 0) is 19.5 Å². The van der Waals surface area contributed by atoms with Gasteiger partial charge in [0.05, 0.1) is 23.9 Å². The van der Waals surface area contributed by atoms with Crippen LogP contribution < -0.4 is 10.5 Å². The molecule has 0 saturated heterocycles. The molecule has 0 amide bonds. The number of H-pyrrole nitrogens is 1. The van der Waals surface area contributed by atoms with Crippen LogP contribution in [0.4, 0.5) is 5.69 Å². The van der Waals surface area contributed by atoms with Crippen LogP contribution in [-0.4, -0.2) is 31.3 Å². The second-order valence-corrected chi connectivity index (χ2v) is 6.71. The van der Waals surface area contributed by atoms with Crippen LogP contribution in [0.2, 0.25) is 0 Å². The van der Waals surface area contributed by atoms with Crippen molar-refractivity contribution in [2.45, 2.75) is 19.5 Å². The smallest absolute Gasteiger partial charge is 0.250 e. The van der Waals surface area contributed by atoms with E-state index in [2.05, 4.69) is 41.8 Å². The molecule has 4 aromatic rings. The van der Waals surface area contributed by atoms with E-state index in [9.17, 15) is 4.79 Å². The lowest BCUT2D eigenvalue weighted by atomic mass is 10.1. The van der Waals surface area contributed by atoms with Gasteiger partial charge in [-0.2, -0.15) is 0 Å². The predicted octanol–water partition coefficient (Wildman–Crippen LogP) is 2.13. The van der Waals surface area contributed by atoms with Crippen LogP contribution in [0.3, 0.4) is 0 Å². The second-order valence-electron chi connectivity index (χ2n) is 6.71. The molecule has 5 rings (SSSR count). The lowest BCUT2D eigenvalue weighted by molar-refractivity contribution is 0.547. The van der Waals surface area contributed by atoms with Crippen molar-refractivity contribution in [2.75, 3.05) is 11.4 Å². The van der Waals surface area contributed by atoms with Gasteiger partial charge in [0.1, 0.15) is 5.82 Å². The average molecular weight is 358 g/mol. The Labute approximate surface area is 155 Å². The third kappa shape index (κ3) is 2.87. The highest BCUT2D eigenvalue weighted by Crippen LogP contribution is 2.26. The van der Waals surface area contributed by atoms with Gasteiger partial charge in [0.25, 0.3) is 5.56 Å². The Morgan fingerprint density at radius 3 is 2.85 bits per heavy atom. The Bertz CT molecular complexity index is 1160. The van der Waals surface area contributed by atoms with Gasteiger partial charge in [-0.05, 0) is 11.6 Å². The number of benzene rings is 1. The van der Waals surface area contributed by atoms with E-state index in [1.807, 2.05) is 24.3 Å². The first-order chi connectivity index (χ1) is 13.3. The van der Waals surface area contributed by atoms with Gasteiger partial charge in [-0.25, -0.2) is 0 Å². The Hall–Kier alpha value is -3.48. The largest absolute Gasteiger partial charge is 0.361 e. The van der Waals surface area contributed by atoms with Crippen LogP contribution in [0, 0.1) is 0 Å². The summed E-state index contributed by atoms with van der Waals surface area (Å²) in [5, 5.41) is 9.80. The molecule has 1 aliphatic heterocycles. The van der Waals surface area contributed by atoms with E-state index in [-0.39, 0.29) is 5.56 Å². The monoisotopic (exact) mass is 358 g/mol. The van der Waals surface area contributed by atoms with Crippen LogP contribution in [0.5, 0.6) is 0 Å². The first-order valence-electron chi connectivity index (χ1n) is 8.95. The number of rotatable bonds is 3. The van der Waals surface area contributed by atoms with Crippen LogP contribution in [0.25, 0.3) is 10.9 Å². The summed E-state index contributed by atoms with van der Waals surface area (Å²) in [6.45, 7) is 2.22. The molecule has 7 nitrogen and oxygen atoms in total. The highest BCUT2D eigenvalue weighted by molar-refractivity contribution is 5.90. The maximum absolute atomic E-state index is 12.1. The molecule has 134 valence electrons. The van der Waals surface area contributed by atoms with Crippen LogP contribution in [0.1, 0.15) is 17.2 Å². The molecule has 1 N–H and O–H groups in total. The summed E-state index contributed by atoms with van der Waals surface area (Å²) in [7, 11) is 0. The van der Waals surface area contributed by atoms with Gasteiger partial charge in [0.15, 0.2) is 5.82 Å². The number of fused-ring (bicyclic) bond motifs is 2. The Morgan fingerprint density at radius 2 is 1.96 bits per heavy atom. The van der Waals surface area contributed by atoms with E-state index < -0.39 is 0 Å². The fourth-order valence-corrected chi connectivity index (χ4v) is 3.68. The van der Waals surface area contributed by atoms with E-state index in [1.165, 1.54) is 5.56 Å². The first kappa shape index (κ1) is 15.7. The molecular formula is C20H18N6O. The lowest BCUT2D eigenvalue weighted by Crippen LogP contribution is -2.35. The summed E-state index contributed by atoms with van der Waals surface area (Å²) in [6, 6.07) is 13.9. The number of hydrogen-bond acceptors (Lipinski definition) is 5. The van der Waals surface area contributed by atoms with Crippen molar-refractivity contribution in [3.63, 3.8) is 0 Å². The fraction of sp³-hybridized carbons (Fsp3) is 0.200. The standard InChI is InChI=1S/C20H18N6O/c27-20-11-17(15-6-7-21-12-16(15)22-20)25-8-9-26-18(23-24-19(26)13-25)10-14-4-2-1-3-5-14/h1-7,11-12H,8-10,13H2,(H,22,27). The summed E-state index contributed by atoms with van der Waals surface area (Å²) in [4.78, 5) is 21.2. The number of aromatic amines is 1. The first-order valence-corrected chi connectivity index (χ1v) is 8.95. The van der Waals surface area contributed by atoms with Gasteiger partial charge in [-0.1, -0.05) is 30.3 Å². The maximum Gasteiger partial charge on any atom is 0.250 e. The van der Waals surface area contributed by atoms with Crippen molar-refractivity contribution in [3.8, 4) is 0 Å². The minimum absolute atomic E-state index is 0.123. The molecule has 0 radical (unpaired) electrons. The van der Waals surface area contributed by atoms with Crippen molar-refractivity contribution in [3.05, 3.63) is 82.4 Å². The molecule has 0 bridgehead atoms. The van der Waals surface area contributed by atoms with Gasteiger partial charge in [0.2, 0.25) is 0 Å². The SMILES string of the molecule is O=c1cc(N2CCn3c(Cc4ccccc4)nnc3C2)c2ccncc2[nH]1. The van der Waals surface area contributed by atoms with Gasteiger partial charge in [0, 0.05) is 37.2 Å². The highest BCUT2D eigenvalue weighted by atomic mass is 16.1. The minimum Gasteiger partial charge on any atom is -0.361 e. The zero-order valence-corrected chi connectivity index (χ0v) is 14.7. The third-order valence-electron chi connectivity index (χ3n) is 5.00. The molecular weight excluding hydrogens is 340 g/mol. The quantitative estimate of drug-likeness (QED) is 0.607. The van der Waals surface area contributed by atoms with Crippen molar-refractivity contribution < 1.29 is 0 Å². The molecule has 1 aliphatic rings. The highest BCUT2D eigenvalue weighted by Gasteiger charge is 2.23. The molecule has 3 aromatic heterocycles. The number of hydrogen-bond donors (Lipinski definition) is 1. The van der Waals surface area contributed by atoms with Crippen molar-refractivity contribution in [1.29, 1.82) is 0 Å². The Kier molecular flexibility index (Phi) is 3.71. The number of anilines is 1. The molecule has 4 heterocycles. The van der Waals surface area contributed by atoms with Gasteiger partial charge in [-0.3, -0.25) is 9.78 Å². The number of aromatic nitrogens is 5. The van der Waals surface area contributed by atoms with E-state index in [0.717, 1.165) is 47.7 Å². The topological polar surface area (TPSA) is 79.7 Å². The van der Waals surface area contributed by atoms with Gasteiger partial charge >= 0.3 is 0 Å². The third-order valence-corrected chi connectivity index (χ3v) is 5.00. The molecule has 0 aliphatic carbocycles. The number of nitrogens with one attached hydrogen (secondary N) is 1. The second kappa shape index (κ2) is 6.35. The molecule has 0 saturated carbocycles. The molecule has 0 unspecified atom stereocenters. The van der Waals surface area contributed by atoms with Crippen molar-refractivity contribution in [2.24, 2.45) is 0 Å². The molecule has 0 atom stereocenters. The number of nitrogens with zero attached hydrogens (tertiary/aromatic N) is 5.